The molecule has 0 spiro atoms. The fourth-order valence-corrected chi connectivity index (χ4v) is 1.71. The van der Waals surface area contributed by atoms with Crippen LogP contribution in [0.5, 0.6) is 0 Å². The highest BCUT2D eigenvalue weighted by atomic mass is 35.5. The maximum absolute atomic E-state index is 11.8. The van der Waals surface area contributed by atoms with Gasteiger partial charge in [0.25, 0.3) is 0 Å². The van der Waals surface area contributed by atoms with Gasteiger partial charge in [0, 0.05) is 10.6 Å². The number of benzene rings is 2. The molecule has 0 N–H and O–H groups in total. The van der Waals surface area contributed by atoms with E-state index in [0.717, 1.165) is 5.56 Å². The average Bonchev–Trinajstić information content (AvgIpc) is 2.46. The van der Waals surface area contributed by atoms with Gasteiger partial charge in [-0.2, -0.15) is 5.26 Å². The second kappa shape index (κ2) is 6.03. The topological polar surface area (TPSA) is 50.1 Å². The van der Waals surface area contributed by atoms with E-state index in [1.165, 1.54) is 0 Å². The molecule has 3 nitrogen and oxygen atoms in total. The van der Waals surface area contributed by atoms with Crippen molar-refractivity contribution in [2.24, 2.45) is 0 Å². The number of ether oxygens (including phenoxy) is 1. The highest BCUT2D eigenvalue weighted by Gasteiger charge is 2.08. The van der Waals surface area contributed by atoms with Crippen molar-refractivity contribution in [1.82, 2.24) is 0 Å². The lowest BCUT2D eigenvalue weighted by atomic mass is 10.1. The number of hydrogen-bond donors (Lipinski definition) is 0. The minimum absolute atomic E-state index is 0.124. The van der Waals surface area contributed by atoms with Crippen LogP contribution in [0.3, 0.4) is 0 Å². The van der Waals surface area contributed by atoms with Crippen LogP contribution in [0.15, 0.2) is 48.5 Å². The first-order valence-corrected chi connectivity index (χ1v) is 5.99. The van der Waals surface area contributed by atoms with Gasteiger partial charge >= 0.3 is 5.97 Å². The number of rotatable bonds is 3. The van der Waals surface area contributed by atoms with E-state index >= 15 is 0 Å². The van der Waals surface area contributed by atoms with Crippen LogP contribution in [-0.2, 0) is 11.3 Å². The molecule has 2 rings (SSSR count). The molecule has 0 atom stereocenters. The summed E-state index contributed by atoms with van der Waals surface area (Å²) in [7, 11) is 0. The molecule has 0 aliphatic heterocycles. The minimum Gasteiger partial charge on any atom is -0.457 e. The summed E-state index contributed by atoms with van der Waals surface area (Å²) in [5.41, 5.74) is 1.67. The number of carbonyl (C=O) groups is 1. The van der Waals surface area contributed by atoms with Crippen LogP contribution in [0.1, 0.15) is 21.5 Å². The van der Waals surface area contributed by atoms with Crippen molar-refractivity contribution >= 4 is 17.6 Å². The van der Waals surface area contributed by atoms with Crippen molar-refractivity contribution in [1.29, 1.82) is 5.26 Å². The zero-order valence-corrected chi connectivity index (χ0v) is 10.7. The molecule has 0 unspecified atom stereocenters. The molecule has 0 aromatic heterocycles. The van der Waals surface area contributed by atoms with Gasteiger partial charge < -0.3 is 4.74 Å². The van der Waals surface area contributed by atoms with Crippen molar-refractivity contribution in [3.8, 4) is 6.07 Å². The minimum atomic E-state index is -0.440. The van der Waals surface area contributed by atoms with E-state index in [1.54, 1.807) is 36.4 Å². The largest absolute Gasteiger partial charge is 0.457 e. The van der Waals surface area contributed by atoms with Crippen molar-refractivity contribution in [2.45, 2.75) is 6.61 Å². The van der Waals surface area contributed by atoms with Crippen LogP contribution >= 0.6 is 11.6 Å². The smallest absolute Gasteiger partial charge is 0.338 e. The highest BCUT2D eigenvalue weighted by molar-refractivity contribution is 6.31. The quantitative estimate of drug-likeness (QED) is 0.802. The van der Waals surface area contributed by atoms with Crippen LogP contribution < -0.4 is 0 Å². The van der Waals surface area contributed by atoms with Crippen molar-refractivity contribution in [2.75, 3.05) is 0 Å². The zero-order chi connectivity index (χ0) is 13.7. The van der Waals surface area contributed by atoms with E-state index in [9.17, 15) is 4.79 Å². The van der Waals surface area contributed by atoms with Gasteiger partial charge in [0.2, 0.25) is 0 Å². The average molecular weight is 272 g/mol. The first-order chi connectivity index (χ1) is 9.20. The molecule has 19 heavy (non-hydrogen) atoms. The maximum atomic E-state index is 11.8. The molecule has 0 bridgehead atoms. The van der Waals surface area contributed by atoms with E-state index in [1.807, 2.05) is 18.2 Å². The van der Waals surface area contributed by atoms with Gasteiger partial charge in [0.15, 0.2) is 0 Å². The summed E-state index contributed by atoms with van der Waals surface area (Å²) in [6.07, 6.45) is 0. The monoisotopic (exact) mass is 271 g/mol. The molecule has 0 saturated heterocycles. The Morgan fingerprint density at radius 1 is 1.16 bits per heavy atom. The molecular weight excluding hydrogens is 262 g/mol. The summed E-state index contributed by atoms with van der Waals surface area (Å²) in [6, 6.07) is 15.5. The van der Waals surface area contributed by atoms with Crippen LogP contribution in [0, 0.1) is 11.3 Å². The van der Waals surface area contributed by atoms with Gasteiger partial charge in [-0.25, -0.2) is 4.79 Å². The van der Waals surface area contributed by atoms with Crippen LogP contribution in [0.4, 0.5) is 0 Å². The Hall–Kier alpha value is -2.31. The molecule has 0 aliphatic rings. The lowest BCUT2D eigenvalue weighted by Crippen LogP contribution is -2.05. The lowest BCUT2D eigenvalue weighted by Gasteiger charge is -2.06. The number of nitriles is 1. The van der Waals surface area contributed by atoms with E-state index < -0.39 is 5.97 Å². The third kappa shape index (κ3) is 3.34. The Bertz CT molecular complexity index is 629. The summed E-state index contributed by atoms with van der Waals surface area (Å²) in [5.74, 6) is -0.440. The Kier molecular flexibility index (Phi) is 4.17. The van der Waals surface area contributed by atoms with Gasteiger partial charge in [-0.05, 0) is 30.3 Å². The number of esters is 1. The second-order valence-electron chi connectivity index (χ2n) is 3.86. The third-order valence-electron chi connectivity index (χ3n) is 2.57. The Morgan fingerprint density at radius 2 is 1.84 bits per heavy atom. The zero-order valence-electron chi connectivity index (χ0n) is 9.97. The van der Waals surface area contributed by atoms with E-state index in [2.05, 4.69) is 0 Å². The fourth-order valence-electron chi connectivity index (χ4n) is 1.52. The first kappa shape index (κ1) is 13.1. The molecule has 2 aromatic carbocycles. The van der Waals surface area contributed by atoms with Gasteiger partial charge in [0.1, 0.15) is 6.61 Å². The number of halogens is 1. The maximum Gasteiger partial charge on any atom is 0.338 e. The molecular formula is C15H10ClNO2. The Balaban J connectivity index is 2.02. The molecule has 0 amide bonds. The van der Waals surface area contributed by atoms with Crippen molar-refractivity contribution in [3.05, 3.63) is 70.2 Å². The van der Waals surface area contributed by atoms with Gasteiger partial charge in [-0.1, -0.05) is 29.8 Å². The number of nitrogens with zero attached hydrogens (tertiary/aromatic N) is 1. The van der Waals surface area contributed by atoms with E-state index in [4.69, 9.17) is 21.6 Å². The molecule has 0 radical (unpaired) electrons. The lowest BCUT2D eigenvalue weighted by molar-refractivity contribution is 0.0473. The fraction of sp³-hybridized carbons (Fsp3) is 0.0667. The van der Waals surface area contributed by atoms with Crippen LogP contribution in [0.25, 0.3) is 0 Å². The van der Waals surface area contributed by atoms with Crippen LogP contribution in [0.2, 0.25) is 5.02 Å². The molecule has 2 aromatic rings. The van der Waals surface area contributed by atoms with Crippen LogP contribution in [-0.4, -0.2) is 5.97 Å². The summed E-state index contributed by atoms with van der Waals surface area (Å²) >= 11 is 5.97. The standard InChI is InChI=1S/C15H10ClNO2/c16-14-4-2-1-3-13(14)10-19-15(18)12-7-5-11(9-17)6-8-12/h1-8H,10H2. The summed E-state index contributed by atoms with van der Waals surface area (Å²) in [5, 5.41) is 9.23. The van der Waals surface area contributed by atoms with Gasteiger partial charge in [0.05, 0.1) is 17.2 Å². The molecule has 0 fully saturated rings. The summed E-state index contributed by atoms with van der Waals surface area (Å²) in [4.78, 5) is 11.8. The predicted molar refractivity (Wildman–Crippen MR) is 71.7 cm³/mol. The van der Waals surface area contributed by atoms with Crippen molar-refractivity contribution in [3.63, 3.8) is 0 Å². The predicted octanol–water partition coefficient (Wildman–Crippen LogP) is 3.57. The Labute approximate surface area is 116 Å². The summed E-state index contributed by atoms with van der Waals surface area (Å²) in [6.45, 7) is 0.124. The summed E-state index contributed by atoms with van der Waals surface area (Å²) < 4.78 is 5.16. The number of hydrogen-bond acceptors (Lipinski definition) is 3. The second-order valence-corrected chi connectivity index (χ2v) is 4.26. The van der Waals surface area contributed by atoms with Crippen molar-refractivity contribution < 1.29 is 9.53 Å². The molecule has 4 heteroatoms. The molecule has 0 aliphatic carbocycles. The SMILES string of the molecule is N#Cc1ccc(C(=O)OCc2ccccc2Cl)cc1. The third-order valence-corrected chi connectivity index (χ3v) is 2.94. The molecule has 94 valence electrons. The van der Waals surface area contributed by atoms with E-state index in [-0.39, 0.29) is 6.61 Å². The first-order valence-electron chi connectivity index (χ1n) is 5.61. The van der Waals surface area contributed by atoms with E-state index in [0.29, 0.717) is 16.1 Å². The molecule has 0 heterocycles. The van der Waals surface area contributed by atoms with Gasteiger partial charge in [-0.3, -0.25) is 0 Å². The molecule has 0 saturated carbocycles. The number of carbonyl (C=O) groups excluding carboxylic acids is 1. The normalized spacial score (nSPS) is 9.68. The van der Waals surface area contributed by atoms with Gasteiger partial charge in [-0.15, -0.1) is 0 Å². The Morgan fingerprint density at radius 3 is 2.47 bits per heavy atom. The highest BCUT2D eigenvalue weighted by Crippen LogP contribution is 2.16.